The molecule has 3 aromatic rings. The number of benzene rings is 2. The van der Waals surface area contributed by atoms with Gasteiger partial charge in [0.05, 0.1) is 5.69 Å². The lowest BCUT2D eigenvalue weighted by Crippen LogP contribution is -2.12. The number of rotatable bonds is 3. The third-order valence-electron chi connectivity index (χ3n) is 3.51. The van der Waals surface area contributed by atoms with Crippen LogP contribution in [0.25, 0.3) is 5.69 Å². The Morgan fingerprint density at radius 2 is 2.00 bits per heavy atom. The van der Waals surface area contributed by atoms with Crippen molar-refractivity contribution in [3.8, 4) is 17.2 Å². The van der Waals surface area contributed by atoms with Crippen LogP contribution in [0, 0.1) is 0 Å². The molecule has 23 heavy (non-hydrogen) atoms. The average molecular weight is 307 g/mol. The third kappa shape index (κ3) is 2.62. The van der Waals surface area contributed by atoms with Gasteiger partial charge in [0.2, 0.25) is 6.79 Å². The van der Waals surface area contributed by atoms with Gasteiger partial charge in [-0.2, -0.15) is 5.10 Å². The van der Waals surface area contributed by atoms with Crippen LogP contribution in [0.2, 0.25) is 0 Å². The molecule has 6 heteroatoms. The van der Waals surface area contributed by atoms with E-state index < -0.39 is 0 Å². The Morgan fingerprint density at radius 3 is 2.87 bits per heavy atom. The predicted octanol–water partition coefficient (Wildman–Crippen LogP) is 2.85. The highest BCUT2D eigenvalue weighted by Crippen LogP contribution is 2.34. The molecule has 6 nitrogen and oxygen atoms in total. The molecule has 0 bridgehead atoms. The van der Waals surface area contributed by atoms with Crippen molar-refractivity contribution in [2.75, 3.05) is 12.1 Å². The molecule has 0 atom stereocenters. The van der Waals surface area contributed by atoms with E-state index in [1.54, 1.807) is 41.2 Å². The summed E-state index contributed by atoms with van der Waals surface area (Å²) < 4.78 is 12.3. The van der Waals surface area contributed by atoms with Crippen molar-refractivity contribution in [2.24, 2.45) is 0 Å². The molecular formula is C17H13N3O3. The van der Waals surface area contributed by atoms with Crippen LogP contribution in [0.15, 0.2) is 60.9 Å². The zero-order chi connectivity index (χ0) is 15.6. The fourth-order valence-corrected chi connectivity index (χ4v) is 2.39. The van der Waals surface area contributed by atoms with Crippen LogP contribution in [-0.4, -0.2) is 22.5 Å². The molecular weight excluding hydrogens is 294 g/mol. The van der Waals surface area contributed by atoms with E-state index in [9.17, 15) is 4.79 Å². The van der Waals surface area contributed by atoms with E-state index in [4.69, 9.17) is 9.47 Å². The van der Waals surface area contributed by atoms with E-state index in [2.05, 4.69) is 10.4 Å². The standard InChI is InChI=1S/C17H13N3O3/c21-17(19-13-5-6-15-16(10-13)23-11-22-15)12-3-1-4-14(9-12)20-8-2-7-18-20/h1-10H,11H2,(H,19,21). The van der Waals surface area contributed by atoms with Crippen molar-refractivity contribution in [2.45, 2.75) is 0 Å². The first-order valence-corrected chi connectivity index (χ1v) is 7.11. The molecule has 1 N–H and O–H groups in total. The molecule has 0 aliphatic carbocycles. The molecule has 0 spiro atoms. The van der Waals surface area contributed by atoms with Crippen LogP contribution >= 0.6 is 0 Å². The molecule has 0 saturated carbocycles. The highest BCUT2D eigenvalue weighted by molar-refractivity contribution is 6.04. The number of carbonyl (C=O) groups is 1. The van der Waals surface area contributed by atoms with Gasteiger partial charge < -0.3 is 14.8 Å². The molecule has 114 valence electrons. The summed E-state index contributed by atoms with van der Waals surface area (Å²) in [6, 6.07) is 14.4. The number of amides is 1. The Labute approximate surface area is 132 Å². The van der Waals surface area contributed by atoms with Crippen molar-refractivity contribution in [1.29, 1.82) is 0 Å². The number of hydrogen-bond acceptors (Lipinski definition) is 4. The van der Waals surface area contributed by atoms with Gasteiger partial charge in [-0.15, -0.1) is 0 Å². The summed E-state index contributed by atoms with van der Waals surface area (Å²) in [6.07, 6.45) is 3.52. The second-order valence-corrected chi connectivity index (χ2v) is 5.02. The van der Waals surface area contributed by atoms with Gasteiger partial charge in [0.25, 0.3) is 5.91 Å². The second kappa shape index (κ2) is 5.49. The van der Waals surface area contributed by atoms with Crippen molar-refractivity contribution in [1.82, 2.24) is 9.78 Å². The summed E-state index contributed by atoms with van der Waals surface area (Å²) >= 11 is 0. The predicted molar refractivity (Wildman–Crippen MR) is 84.1 cm³/mol. The topological polar surface area (TPSA) is 65.4 Å². The maximum atomic E-state index is 12.4. The minimum atomic E-state index is -0.196. The minimum absolute atomic E-state index is 0.196. The van der Waals surface area contributed by atoms with E-state index in [-0.39, 0.29) is 12.7 Å². The maximum absolute atomic E-state index is 12.4. The average Bonchev–Trinajstić information content (AvgIpc) is 3.26. The summed E-state index contributed by atoms with van der Waals surface area (Å²) in [5.41, 5.74) is 2.03. The Kier molecular flexibility index (Phi) is 3.20. The maximum Gasteiger partial charge on any atom is 0.255 e. The first-order valence-electron chi connectivity index (χ1n) is 7.11. The highest BCUT2D eigenvalue weighted by atomic mass is 16.7. The molecule has 0 saturated heterocycles. The molecule has 0 fully saturated rings. The van der Waals surface area contributed by atoms with Crippen molar-refractivity contribution in [3.05, 3.63) is 66.5 Å². The van der Waals surface area contributed by atoms with Crippen LogP contribution < -0.4 is 14.8 Å². The van der Waals surface area contributed by atoms with Gasteiger partial charge in [-0.1, -0.05) is 6.07 Å². The number of anilines is 1. The Morgan fingerprint density at radius 1 is 1.09 bits per heavy atom. The summed E-state index contributed by atoms with van der Waals surface area (Å²) in [6.45, 7) is 0.207. The summed E-state index contributed by atoms with van der Waals surface area (Å²) in [5, 5.41) is 7.02. The Bertz CT molecular complexity index is 859. The molecule has 2 aromatic carbocycles. The van der Waals surface area contributed by atoms with Gasteiger partial charge in [-0.25, -0.2) is 4.68 Å². The number of hydrogen-bond donors (Lipinski definition) is 1. The van der Waals surface area contributed by atoms with Gasteiger partial charge in [0, 0.05) is 29.7 Å². The molecule has 4 rings (SSSR count). The fraction of sp³-hybridized carbons (Fsp3) is 0.0588. The summed E-state index contributed by atoms with van der Waals surface area (Å²) in [7, 11) is 0. The number of aromatic nitrogens is 2. The lowest BCUT2D eigenvalue weighted by atomic mass is 10.2. The van der Waals surface area contributed by atoms with E-state index in [0.29, 0.717) is 22.7 Å². The highest BCUT2D eigenvalue weighted by Gasteiger charge is 2.15. The van der Waals surface area contributed by atoms with Gasteiger partial charge in [0.1, 0.15) is 0 Å². The molecule has 1 aliphatic rings. The van der Waals surface area contributed by atoms with Gasteiger partial charge in [-0.05, 0) is 36.4 Å². The van der Waals surface area contributed by atoms with Gasteiger partial charge in [-0.3, -0.25) is 4.79 Å². The smallest absolute Gasteiger partial charge is 0.255 e. The van der Waals surface area contributed by atoms with Crippen LogP contribution in [0.4, 0.5) is 5.69 Å². The number of nitrogens with one attached hydrogen (secondary N) is 1. The van der Waals surface area contributed by atoms with E-state index >= 15 is 0 Å². The van der Waals surface area contributed by atoms with Crippen molar-refractivity contribution >= 4 is 11.6 Å². The number of fused-ring (bicyclic) bond motifs is 1. The Hall–Kier alpha value is -3.28. The summed E-state index contributed by atoms with van der Waals surface area (Å²) in [4.78, 5) is 12.4. The van der Waals surface area contributed by atoms with Gasteiger partial charge in [0.15, 0.2) is 11.5 Å². The minimum Gasteiger partial charge on any atom is -0.454 e. The number of nitrogens with zero attached hydrogens (tertiary/aromatic N) is 2. The lowest BCUT2D eigenvalue weighted by molar-refractivity contribution is 0.102. The number of carbonyl (C=O) groups excluding carboxylic acids is 1. The van der Waals surface area contributed by atoms with E-state index in [0.717, 1.165) is 5.69 Å². The summed E-state index contributed by atoms with van der Waals surface area (Å²) in [5.74, 6) is 1.12. The van der Waals surface area contributed by atoms with Crippen LogP contribution in [-0.2, 0) is 0 Å². The van der Waals surface area contributed by atoms with Crippen LogP contribution in [0.3, 0.4) is 0 Å². The Balaban J connectivity index is 1.56. The number of ether oxygens (including phenoxy) is 2. The molecule has 0 unspecified atom stereocenters. The SMILES string of the molecule is O=C(Nc1ccc2c(c1)OCO2)c1cccc(-n2cccn2)c1. The molecule has 1 amide bonds. The molecule has 2 heterocycles. The molecule has 0 radical (unpaired) electrons. The fourth-order valence-electron chi connectivity index (χ4n) is 2.39. The van der Waals surface area contributed by atoms with Crippen LogP contribution in [0.5, 0.6) is 11.5 Å². The largest absolute Gasteiger partial charge is 0.454 e. The first kappa shape index (κ1) is 13.4. The van der Waals surface area contributed by atoms with Gasteiger partial charge >= 0.3 is 0 Å². The second-order valence-electron chi connectivity index (χ2n) is 5.02. The van der Waals surface area contributed by atoms with E-state index in [1.165, 1.54) is 0 Å². The third-order valence-corrected chi connectivity index (χ3v) is 3.51. The normalized spacial score (nSPS) is 12.2. The first-order chi connectivity index (χ1) is 11.3. The quantitative estimate of drug-likeness (QED) is 0.808. The monoisotopic (exact) mass is 307 g/mol. The molecule has 1 aromatic heterocycles. The molecule has 1 aliphatic heterocycles. The zero-order valence-electron chi connectivity index (χ0n) is 12.1. The van der Waals surface area contributed by atoms with Crippen LogP contribution in [0.1, 0.15) is 10.4 Å². The van der Waals surface area contributed by atoms with Crippen molar-refractivity contribution in [3.63, 3.8) is 0 Å². The van der Waals surface area contributed by atoms with Crippen molar-refractivity contribution < 1.29 is 14.3 Å². The lowest BCUT2D eigenvalue weighted by Gasteiger charge is -2.08. The zero-order valence-corrected chi connectivity index (χ0v) is 12.1. The van der Waals surface area contributed by atoms with E-state index in [1.807, 2.05) is 24.4 Å².